The molecule has 0 radical (unpaired) electrons. The van der Waals surface area contributed by atoms with Crippen LogP contribution in [-0.4, -0.2) is 5.11 Å². The van der Waals surface area contributed by atoms with Gasteiger partial charge < -0.3 is 5.11 Å². The smallest absolute Gasteiger partial charge is 0.104 e. The maximum absolute atomic E-state index is 10.4. The molecule has 0 aliphatic rings. The van der Waals surface area contributed by atoms with E-state index in [2.05, 4.69) is 15.9 Å². The molecule has 1 atom stereocenters. The van der Waals surface area contributed by atoms with E-state index in [1.165, 1.54) is 0 Å². The Labute approximate surface area is 121 Å². The third-order valence-corrected chi connectivity index (χ3v) is 4.09. The molecule has 0 saturated heterocycles. The molecular weight excluding hydrogens is 312 g/mol. The highest BCUT2D eigenvalue weighted by Crippen LogP contribution is 2.29. The molecule has 2 rings (SSSR count). The zero-order valence-electron chi connectivity index (χ0n) is 10.2. The molecule has 1 nitrogen and oxygen atoms in total. The highest BCUT2D eigenvalue weighted by Gasteiger charge is 2.12. The lowest BCUT2D eigenvalue weighted by Gasteiger charge is -2.14. The number of aryl methyl sites for hydroxylation is 2. The van der Waals surface area contributed by atoms with E-state index in [0.717, 1.165) is 31.7 Å². The van der Waals surface area contributed by atoms with Crippen LogP contribution in [0.25, 0.3) is 0 Å². The highest BCUT2D eigenvalue weighted by molar-refractivity contribution is 9.10. The number of rotatable bonds is 2. The molecule has 0 aliphatic heterocycles. The van der Waals surface area contributed by atoms with Gasteiger partial charge in [0.1, 0.15) is 6.10 Å². The van der Waals surface area contributed by atoms with Gasteiger partial charge in [0.2, 0.25) is 0 Å². The average molecular weight is 326 g/mol. The average Bonchev–Trinajstić information content (AvgIpc) is 2.35. The van der Waals surface area contributed by atoms with Crippen LogP contribution in [0, 0.1) is 13.8 Å². The van der Waals surface area contributed by atoms with Crippen LogP contribution >= 0.6 is 27.5 Å². The number of halogens is 2. The van der Waals surface area contributed by atoms with Gasteiger partial charge in [-0.2, -0.15) is 0 Å². The Morgan fingerprint density at radius 1 is 1.00 bits per heavy atom. The molecule has 0 saturated carbocycles. The second-order valence-electron chi connectivity index (χ2n) is 4.42. The molecule has 0 bridgehead atoms. The summed E-state index contributed by atoms with van der Waals surface area (Å²) in [5, 5.41) is 11.1. The van der Waals surface area contributed by atoms with Crippen molar-refractivity contribution < 1.29 is 5.11 Å². The minimum Gasteiger partial charge on any atom is -0.384 e. The van der Waals surface area contributed by atoms with E-state index in [9.17, 15) is 5.11 Å². The van der Waals surface area contributed by atoms with Crippen molar-refractivity contribution in [3.05, 3.63) is 68.1 Å². The Morgan fingerprint density at radius 2 is 1.50 bits per heavy atom. The first-order valence-electron chi connectivity index (χ1n) is 5.69. The van der Waals surface area contributed by atoms with Gasteiger partial charge in [-0.3, -0.25) is 0 Å². The van der Waals surface area contributed by atoms with E-state index in [0.29, 0.717) is 0 Å². The molecule has 3 heteroatoms. The fourth-order valence-electron chi connectivity index (χ4n) is 1.97. The molecule has 94 valence electrons. The van der Waals surface area contributed by atoms with Crippen molar-refractivity contribution in [1.29, 1.82) is 0 Å². The summed E-state index contributed by atoms with van der Waals surface area (Å²) >= 11 is 9.52. The van der Waals surface area contributed by atoms with Crippen LogP contribution in [-0.2, 0) is 0 Å². The van der Waals surface area contributed by atoms with Crippen molar-refractivity contribution in [2.45, 2.75) is 20.0 Å². The molecule has 0 fully saturated rings. The van der Waals surface area contributed by atoms with Crippen LogP contribution in [0.2, 0.25) is 5.02 Å². The maximum Gasteiger partial charge on any atom is 0.104 e. The lowest BCUT2D eigenvalue weighted by molar-refractivity contribution is 0.220. The molecule has 2 aromatic carbocycles. The summed E-state index contributed by atoms with van der Waals surface area (Å²) in [6.45, 7) is 3.90. The molecule has 0 spiro atoms. The zero-order valence-corrected chi connectivity index (χ0v) is 12.6. The predicted molar refractivity (Wildman–Crippen MR) is 79.1 cm³/mol. The first kappa shape index (κ1) is 13.6. The second-order valence-corrected chi connectivity index (χ2v) is 5.72. The summed E-state index contributed by atoms with van der Waals surface area (Å²) in [6.07, 6.45) is -0.618. The van der Waals surface area contributed by atoms with Gasteiger partial charge in [-0.25, -0.2) is 0 Å². The van der Waals surface area contributed by atoms with Gasteiger partial charge in [0.25, 0.3) is 0 Å². The lowest BCUT2D eigenvalue weighted by atomic mass is 9.98. The molecule has 0 heterocycles. The van der Waals surface area contributed by atoms with E-state index in [-0.39, 0.29) is 0 Å². The largest absolute Gasteiger partial charge is 0.384 e. The number of hydrogen-bond acceptors (Lipinski definition) is 1. The summed E-state index contributed by atoms with van der Waals surface area (Å²) in [5.41, 5.74) is 3.72. The number of aliphatic hydroxyl groups excluding tert-OH is 1. The standard InChI is InChI=1S/C15H14BrClO/c1-9-7-12(8-10(2)14(9)17)15(18)11-3-5-13(16)6-4-11/h3-8,15,18H,1-2H3. The molecule has 0 amide bonds. The number of hydrogen-bond donors (Lipinski definition) is 1. The van der Waals surface area contributed by atoms with E-state index < -0.39 is 6.10 Å². The first-order chi connectivity index (χ1) is 8.49. The lowest BCUT2D eigenvalue weighted by Crippen LogP contribution is -2.01. The van der Waals surface area contributed by atoms with E-state index in [1.807, 2.05) is 50.2 Å². The van der Waals surface area contributed by atoms with Gasteiger partial charge in [-0.1, -0.05) is 51.8 Å². The van der Waals surface area contributed by atoms with Crippen molar-refractivity contribution in [3.8, 4) is 0 Å². The van der Waals surface area contributed by atoms with Gasteiger partial charge in [0.15, 0.2) is 0 Å². The van der Waals surface area contributed by atoms with Crippen LogP contribution in [0.5, 0.6) is 0 Å². The van der Waals surface area contributed by atoms with Crippen LogP contribution < -0.4 is 0 Å². The van der Waals surface area contributed by atoms with Gasteiger partial charge >= 0.3 is 0 Å². The number of aliphatic hydroxyl groups is 1. The van der Waals surface area contributed by atoms with E-state index >= 15 is 0 Å². The summed E-state index contributed by atoms with van der Waals surface area (Å²) in [5.74, 6) is 0. The third-order valence-electron chi connectivity index (χ3n) is 2.96. The summed E-state index contributed by atoms with van der Waals surface area (Å²) < 4.78 is 1.00. The molecule has 1 N–H and O–H groups in total. The molecule has 18 heavy (non-hydrogen) atoms. The van der Waals surface area contributed by atoms with Crippen LogP contribution in [0.3, 0.4) is 0 Å². The number of benzene rings is 2. The zero-order chi connectivity index (χ0) is 13.3. The van der Waals surface area contributed by atoms with Crippen molar-refractivity contribution >= 4 is 27.5 Å². The second kappa shape index (κ2) is 5.43. The fraction of sp³-hybridized carbons (Fsp3) is 0.200. The van der Waals surface area contributed by atoms with Crippen LogP contribution in [0.15, 0.2) is 40.9 Å². The van der Waals surface area contributed by atoms with Gasteiger partial charge in [0, 0.05) is 9.50 Å². The topological polar surface area (TPSA) is 20.2 Å². The molecule has 2 aromatic rings. The van der Waals surface area contributed by atoms with Crippen LogP contribution in [0.4, 0.5) is 0 Å². The monoisotopic (exact) mass is 324 g/mol. The highest BCUT2D eigenvalue weighted by atomic mass is 79.9. The summed E-state index contributed by atoms with van der Waals surface area (Å²) in [4.78, 5) is 0. The van der Waals surface area contributed by atoms with E-state index in [1.54, 1.807) is 0 Å². The van der Waals surface area contributed by atoms with Crippen LogP contribution in [0.1, 0.15) is 28.4 Å². The van der Waals surface area contributed by atoms with Gasteiger partial charge in [0.05, 0.1) is 0 Å². The summed E-state index contributed by atoms with van der Waals surface area (Å²) in [7, 11) is 0. The van der Waals surface area contributed by atoms with E-state index in [4.69, 9.17) is 11.6 Å². The third kappa shape index (κ3) is 2.77. The van der Waals surface area contributed by atoms with Gasteiger partial charge in [-0.05, 0) is 48.2 Å². The predicted octanol–water partition coefficient (Wildman–Crippen LogP) is 4.80. The SMILES string of the molecule is Cc1cc(C(O)c2ccc(Br)cc2)cc(C)c1Cl. The minimum absolute atomic E-state index is 0.618. The Bertz CT molecular complexity index is 540. The molecule has 0 aliphatic carbocycles. The molecule has 1 unspecified atom stereocenters. The van der Waals surface area contributed by atoms with Crippen molar-refractivity contribution in [2.24, 2.45) is 0 Å². The quantitative estimate of drug-likeness (QED) is 0.841. The van der Waals surface area contributed by atoms with Crippen molar-refractivity contribution in [1.82, 2.24) is 0 Å². The van der Waals surface area contributed by atoms with Crippen molar-refractivity contribution in [3.63, 3.8) is 0 Å². The molecule has 0 aromatic heterocycles. The molecular formula is C15H14BrClO. The normalized spacial score (nSPS) is 12.5. The Hall–Kier alpha value is -0.830. The Balaban J connectivity index is 2.39. The Kier molecular flexibility index (Phi) is 4.10. The maximum atomic E-state index is 10.4. The fourth-order valence-corrected chi connectivity index (χ4v) is 2.35. The minimum atomic E-state index is -0.618. The van der Waals surface area contributed by atoms with Gasteiger partial charge in [-0.15, -0.1) is 0 Å². The summed E-state index contributed by atoms with van der Waals surface area (Å²) in [6, 6.07) is 11.5. The van der Waals surface area contributed by atoms with Crippen molar-refractivity contribution in [2.75, 3.05) is 0 Å². The first-order valence-corrected chi connectivity index (χ1v) is 6.86. The Morgan fingerprint density at radius 3 is 2.00 bits per heavy atom.